The van der Waals surface area contributed by atoms with Crippen molar-refractivity contribution >= 4 is 5.82 Å². The lowest BCUT2D eigenvalue weighted by Gasteiger charge is -2.01. The first-order valence-electron chi connectivity index (χ1n) is 4.43. The second-order valence-electron chi connectivity index (χ2n) is 3.03. The topological polar surface area (TPSA) is 83.1 Å². The third-order valence-corrected chi connectivity index (χ3v) is 1.83. The van der Waals surface area contributed by atoms with Gasteiger partial charge in [0.1, 0.15) is 6.20 Å². The summed E-state index contributed by atoms with van der Waals surface area (Å²) in [4.78, 5) is 13.7. The summed E-state index contributed by atoms with van der Waals surface area (Å²) in [6.45, 7) is 0. The number of pyridine rings is 1. The van der Waals surface area contributed by atoms with Crippen molar-refractivity contribution < 1.29 is 9.66 Å². The number of hydrogen-bond acceptors (Lipinski definition) is 5. The van der Waals surface area contributed by atoms with Crippen molar-refractivity contribution in [2.24, 2.45) is 7.05 Å². The van der Waals surface area contributed by atoms with E-state index in [1.807, 2.05) is 0 Å². The average Bonchev–Trinajstić information content (AvgIpc) is 2.64. The van der Waals surface area contributed by atoms with Crippen molar-refractivity contribution in [3.05, 3.63) is 40.8 Å². The van der Waals surface area contributed by atoms with Gasteiger partial charge in [0, 0.05) is 7.05 Å². The Morgan fingerprint density at radius 1 is 1.56 bits per heavy atom. The van der Waals surface area contributed by atoms with Gasteiger partial charge >= 0.3 is 5.82 Å². The zero-order valence-corrected chi connectivity index (χ0v) is 8.40. The SMILES string of the molecule is Cn1cc(Oc2cccnc2[N+](=O)[O-])cn1. The first kappa shape index (κ1) is 10.1. The van der Waals surface area contributed by atoms with E-state index >= 15 is 0 Å². The van der Waals surface area contributed by atoms with Gasteiger partial charge in [-0.3, -0.25) is 4.68 Å². The Balaban J connectivity index is 2.31. The molecule has 7 nitrogen and oxygen atoms in total. The van der Waals surface area contributed by atoms with Crippen molar-refractivity contribution in [3.63, 3.8) is 0 Å². The molecule has 0 amide bonds. The number of nitro groups is 1. The second-order valence-corrected chi connectivity index (χ2v) is 3.03. The largest absolute Gasteiger partial charge is 0.445 e. The van der Waals surface area contributed by atoms with Gasteiger partial charge in [-0.2, -0.15) is 5.10 Å². The summed E-state index contributed by atoms with van der Waals surface area (Å²) in [6.07, 6.45) is 4.42. The predicted octanol–water partition coefficient (Wildman–Crippen LogP) is 1.52. The molecule has 2 rings (SSSR count). The first-order valence-corrected chi connectivity index (χ1v) is 4.43. The summed E-state index contributed by atoms with van der Waals surface area (Å²) < 4.78 is 6.84. The second kappa shape index (κ2) is 3.97. The third-order valence-electron chi connectivity index (χ3n) is 1.83. The Bertz CT molecular complexity index is 523. The lowest BCUT2D eigenvalue weighted by molar-refractivity contribution is -0.390. The molecule has 0 spiro atoms. The van der Waals surface area contributed by atoms with Crippen LogP contribution in [0.15, 0.2) is 30.7 Å². The summed E-state index contributed by atoms with van der Waals surface area (Å²) in [5.74, 6) is 0.213. The van der Waals surface area contributed by atoms with Gasteiger partial charge in [-0.15, -0.1) is 0 Å². The molecular formula is C9H8N4O3. The van der Waals surface area contributed by atoms with Crippen LogP contribution in [-0.2, 0) is 7.05 Å². The summed E-state index contributed by atoms with van der Waals surface area (Å²) >= 11 is 0. The van der Waals surface area contributed by atoms with E-state index in [-0.39, 0.29) is 11.6 Å². The van der Waals surface area contributed by atoms with Gasteiger partial charge in [0.25, 0.3) is 0 Å². The highest BCUT2D eigenvalue weighted by molar-refractivity contribution is 5.41. The lowest BCUT2D eigenvalue weighted by Crippen LogP contribution is -1.95. The van der Waals surface area contributed by atoms with Crippen molar-refractivity contribution in [1.82, 2.24) is 14.8 Å². The van der Waals surface area contributed by atoms with Crippen LogP contribution in [0.25, 0.3) is 0 Å². The van der Waals surface area contributed by atoms with E-state index < -0.39 is 4.92 Å². The molecule has 0 aliphatic carbocycles. The fourth-order valence-electron chi connectivity index (χ4n) is 1.18. The normalized spacial score (nSPS) is 10.1. The zero-order valence-electron chi connectivity index (χ0n) is 8.40. The van der Waals surface area contributed by atoms with Crippen LogP contribution in [0.3, 0.4) is 0 Å². The molecule has 0 N–H and O–H groups in total. The van der Waals surface area contributed by atoms with Crippen molar-refractivity contribution in [2.75, 3.05) is 0 Å². The van der Waals surface area contributed by atoms with Crippen LogP contribution in [0.2, 0.25) is 0 Å². The van der Waals surface area contributed by atoms with E-state index in [0.29, 0.717) is 5.75 Å². The molecule has 7 heteroatoms. The lowest BCUT2D eigenvalue weighted by atomic mass is 10.4. The standard InChI is InChI=1S/C9H8N4O3/c1-12-6-7(5-11-12)16-8-3-2-4-10-9(8)13(14)15/h2-6H,1H3. The van der Waals surface area contributed by atoms with Gasteiger partial charge in [-0.1, -0.05) is 0 Å². The summed E-state index contributed by atoms with van der Waals surface area (Å²) in [6, 6.07) is 3.05. The predicted molar refractivity (Wildman–Crippen MR) is 54.2 cm³/mol. The maximum atomic E-state index is 10.7. The molecule has 0 atom stereocenters. The number of aromatic nitrogens is 3. The van der Waals surface area contributed by atoms with E-state index in [1.165, 1.54) is 23.1 Å². The Labute approximate surface area is 90.4 Å². The van der Waals surface area contributed by atoms with Gasteiger partial charge in [-0.05, 0) is 22.0 Å². The van der Waals surface area contributed by atoms with Gasteiger partial charge in [0.05, 0.1) is 12.4 Å². The molecule has 0 unspecified atom stereocenters. The Morgan fingerprint density at radius 2 is 2.38 bits per heavy atom. The molecular weight excluding hydrogens is 212 g/mol. The zero-order chi connectivity index (χ0) is 11.5. The molecule has 0 saturated heterocycles. The van der Waals surface area contributed by atoms with Crippen LogP contribution in [0, 0.1) is 10.1 Å². The fraction of sp³-hybridized carbons (Fsp3) is 0.111. The van der Waals surface area contributed by atoms with Crippen LogP contribution in [-0.4, -0.2) is 19.7 Å². The Morgan fingerprint density at radius 3 is 3.00 bits per heavy atom. The fourth-order valence-corrected chi connectivity index (χ4v) is 1.18. The van der Waals surface area contributed by atoms with E-state index in [1.54, 1.807) is 19.3 Å². The highest BCUT2D eigenvalue weighted by atomic mass is 16.6. The van der Waals surface area contributed by atoms with Crippen LogP contribution < -0.4 is 4.74 Å². The third kappa shape index (κ3) is 1.97. The van der Waals surface area contributed by atoms with E-state index in [9.17, 15) is 10.1 Å². The molecule has 2 aromatic rings. The van der Waals surface area contributed by atoms with Crippen LogP contribution >= 0.6 is 0 Å². The number of aryl methyl sites for hydroxylation is 1. The highest BCUT2D eigenvalue weighted by Crippen LogP contribution is 2.28. The summed E-state index contributed by atoms with van der Waals surface area (Å²) in [5, 5.41) is 14.5. The molecule has 0 aromatic carbocycles. The van der Waals surface area contributed by atoms with E-state index in [0.717, 1.165) is 0 Å². The smallest absolute Gasteiger partial charge is 0.406 e. The molecule has 0 bridgehead atoms. The minimum Gasteiger partial charge on any atom is -0.445 e. The Kier molecular flexibility index (Phi) is 2.50. The molecule has 16 heavy (non-hydrogen) atoms. The molecule has 0 fully saturated rings. The summed E-state index contributed by atoms with van der Waals surface area (Å²) in [5.41, 5.74) is 0. The average molecular weight is 220 g/mol. The minimum absolute atomic E-state index is 0.0977. The van der Waals surface area contributed by atoms with Crippen molar-refractivity contribution in [2.45, 2.75) is 0 Å². The van der Waals surface area contributed by atoms with Crippen molar-refractivity contribution in [1.29, 1.82) is 0 Å². The number of hydrogen-bond donors (Lipinski definition) is 0. The van der Waals surface area contributed by atoms with Gasteiger partial charge in [-0.25, -0.2) is 0 Å². The Hall–Kier alpha value is -2.44. The van der Waals surface area contributed by atoms with Gasteiger partial charge < -0.3 is 14.9 Å². The quantitative estimate of drug-likeness (QED) is 0.578. The number of ether oxygens (including phenoxy) is 1. The van der Waals surface area contributed by atoms with Crippen LogP contribution in [0.1, 0.15) is 0 Å². The number of nitrogens with zero attached hydrogens (tertiary/aromatic N) is 4. The van der Waals surface area contributed by atoms with E-state index in [4.69, 9.17) is 4.74 Å². The van der Waals surface area contributed by atoms with E-state index in [2.05, 4.69) is 10.1 Å². The van der Waals surface area contributed by atoms with Crippen LogP contribution in [0.4, 0.5) is 5.82 Å². The first-order chi connectivity index (χ1) is 7.66. The minimum atomic E-state index is -0.592. The molecule has 0 aliphatic rings. The maximum absolute atomic E-state index is 10.7. The molecule has 0 aliphatic heterocycles. The maximum Gasteiger partial charge on any atom is 0.406 e. The molecule has 2 heterocycles. The molecule has 2 aromatic heterocycles. The molecule has 82 valence electrons. The van der Waals surface area contributed by atoms with Gasteiger partial charge in [0.15, 0.2) is 5.75 Å². The monoisotopic (exact) mass is 220 g/mol. The van der Waals surface area contributed by atoms with Crippen molar-refractivity contribution in [3.8, 4) is 11.5 Å². The van der Waals surface area contributed by atoms with Crippen LogP contribution in [0.5, 0.6) is 11.5 Å². The number of rotatable bonds is 3. The molecule has 0 saturated carbocycles. The highest BCUT2D eigenvalue weighted by Gasteiger charge is 2.16. The van der Waals surface area contributed by atoms with Gasteiger partial charge in [0.2, 0.25) is 5.75 Å². The molecule has 0 radical (unpaired) electrons. The summed E-state index contributed by atoms with van der Waals surface area (Å²) in [7, 11) is 1.73.